The molecule has 0 aliphatic rings. The van der Waals surface area contributed by atoms with Gasteiger partial charge in [-0.1, -0.05) is 26.7 Å². The number of carbonyl (C=O) groups is 1. The van der Waals surface area contributed by atoms with Gasteiger partial charge >= 0.3 is 0 Å². The van der Waals surface area contributed by atoms with Gasteiger partial charge in [0.05, 0.1) is 0 Å². The number of nitrogens with one attached hydrogen (secondary N) is 1. The maximum absolute atomic E-state index is 10.8. The predicted octanol–water partition coefficient (Wildman–Crippen LogP) is 1.76. The summed E-state index contributed by atoms with van der Waals surface area (Å²) in [4.78, 5) is 10.8. The molecule has 1 N–H and O–H groups in total. The number of amides is 1. The molecule has 65 valence electrons. The van der Waals surface area contributed by atoms with E-state index in [9.17, 15) is 4.79 Å². The van der Waals surface area contributed by atoms with E-state index < -0.39 is 0 Å². The van der Waals surface area contributed by atoms with Gasteiger partial charge in [0.15, 0.2) is 0 Å². The summed E-state index contributed by atoms with van der Waals surface area (Å²) < 4.78 is 0. The highest BCUT2D eigenvalue weighted by Crippen LogP contribution is 2.04. The zero-order valence-electron chi connectivity index (χ0n) is 7.52. The van der Waals surface area contributed by atoms with Crippen LogP contribution in [0.5, 0.6) is 0 Å². The van der Waals surface area contributed by atoms with E-state index in [-0.39, 0.29) is 5.91 Å². The van der Waals surface area contributed by atoms with Crippen LogP contribution in [0, 0.1) is 12.8 Å². The summed E-state index contributed by atoms with van der Waals surface area (Å²) in [5.74, 6) is 0.683. The Bertz CT molecular complexity index is 108. The van der Waals surface area contributed by atoms with Crippen LogP contribution in [0.4, 0.5) is 0 Å². The lowest BCUT2D eigenvalue weighted by molar-refractivity contribution is -0.120. The molecule has 0 atom stereocenters. The van der Waals surface area contributed by atoms with Crippen molar-refractivity contribution in [2.75, 3.05) is 6.54 Å². The average Bonchev–Trinajstić information content (AvgIpc) is 2.06. The van der Waals surface area contributed by atoms with Gasteiger partial charge in [-0.3, -0.25) is 4.79 Å². The number of rotatable bonds is 5. The van der Waals surface area contributed by atoms with Crippen LogP contribution in [0.2, 0.25) is 0 Å². The Morgan fingerprint density at radius 1 is 1.45 bits per heavy atom. The third-order valence-electron chi connectivity index (χ3n) is 1.97. The van der Waals surface area contributed by atoms with Crippen LogP contribution in [-0.2, 0) is 4.79 Å². The lowest BCUT2D eigenvalue weighted by Gasteiger charge is -2.12. The van der Waals surface area contributed by atoms with E-state index in [0.29, 0.717) is 12.3 Å². The molecule has 2 nitrogen and oxygen atoms in total. The van der Waals surface area contributed by atoms with E-state index in [1.165, 1.54) is 0 Å². The summed E-state index contributed by atoms with van der Waals surface area (Å²) >= 11 is 0. The number of hydrogen-bond acceptors (Lipinski definition) is 1. The summed E-state index contributed by atoms with van der Waals surface area (Å²) in [6, 6.07) is 0. The first kappa shape index (κ1) is 10.5. The van der Waals surface area contributed by atoms with Gasteiger partial charge in [-0.25, -0.2) is 0 Å². The molecular weight excluding hydrogens is 138 g/mol. The van der Waals surface area contributed by atoms with E-state index in [1.807, 2.05) is 0 Å². The fraction of sp³-hybridized carbons (Fsp3) is 0.778. The number of hydrogen-bond donors (Lipinski definition) is 1. The molecule has 2 heteroatoms. The standard InChI is InChI=1S/C9H18NO/c1-4-8(5-2)7-10-9(11)6-3/h8H,3-7H2,1-2H3,(H,10,11). The molecule has 0 heterocycles. The molecule has 11 heavy (non-hydrogen) atoms. The maximum Gasteiger partial charge on any atom is 0.220 e. The monoisotopic (exact) mass is 156 g/mol. The van der Waals surface area contributed by atoms with Crippen LogP contribution in [0.15, 0.2) is 0 Å². The van der Waals surface area contributed by atoms with Gasteiger partial charge in [0.25, 0.3) is 0 Å². The number of carbonyl (C=O) groups excluding carboxylic acids is 1. The molecule has 1 amide bonds. The third-order valence-corrected chi connectivity index (χ3v) is 1.97. The topological polar surface area (TPSA) is 29.1 Å². The van der Waals surface area contributed by atoms with Crippen LogP contribution < -0.4 is 5.32 Å². The summed E-state index contributed by atoms with van der Waals surface area (Å²) in [7, 11) is 0. The molecule has 0 aliphatic heterocycles. The maximum atomic E-state index is 10.8. The van der Waals surface area contributed by atoms with Crippen molar-refractivity contribution in [1.82, 2.24) is 5.32 Å². The summed E-state index contributed by atoms with van der Waals surface area (Å²) in [6.07, 6.45) is 2.61. The fourth-order valence-corrected chi connectivity index (χ4v) is 0.924. The van der Waals surface area contributed by atoms with E-state index in [2.05, 4.69) is 26.1 Å². The zero-order valence-corrected chi connectivity index (χ0v) is 7.52. The Kier molecular flexibility index (Phi) is 5.90. The van der Waals surface area contributed by atoms with E-state index in [0.717, 1.165) is 19.4 Å². The smallest absolute Gasteiger partial charge is 0.220 e. The molecular formula is C9H18NO. The Balaban J connectivity index is 3.42. The summed E-state index contributed by atoms with van der Waals surface area (Å²) in [5.41, 5.74) is 0. The molecule has 0 aromatic rings. The molecule has 0 fully saturated rings. The van der Waals surface area contributed by atoms with Crippen LogP contribution in [0.1, 0.15) is 33.1 Å². The van der Waals surface area contributed by atoms with E-state index >= 15 is 0 Å². The quantitative estimate of drug-likeness (QED) is 0.645. The molecule has 0 rings (SSSR count). The van der Waals surface area contributed by atoms with Gasteiger partial charge in [-0.2, -0.15) is 0 Å². The van der Waals surface area contributed by atoms with Crippen molar-refractivity contribution in [1.29, 1.82) is 0 Å². The SMILES string of the molecule is [CH2]CC(=O)NCC(CC)CC. The van der Waals surface area contributed by atoms with Crippen molar-refractivity contribution in [3.05, 3.63) is 6.92 Å². The van der Waals surface area contributed by atoms with Gasteiger partial charge in [0.1, 0.15) is 0 Å². The third kappa shape index (κ3) is 4.82. The van der Waals surface area contributed by atoms with Crippen molar-refractivity contribution in [3.63, 3.8) is 0 Å². The normalized spacial score (nSPS) is 10.2. The second-order valence-electron chi connectivity index (χ2n) is 2.74. The molecule has 0 bridgehead atoms. The van der Waals surface area contributed by atoms with Gasteiger partial charge in [-0.15, -0.1) is 0 Å². The van der Waals surface area contributed by atoms with Crippen LogP contribution in [0.25, 0.3) is 0 Å². The molecule has 0 saturated heterocycles. The van der Waals surface area contributed by atoms with E-state index in [1.54, 1.807) is 0 Å². The largest absolute Gasteiger partial charge is 0.356 e. The van der Waals surface area contributed by atoms with E-state index in [4.69, 9.17) is 0 Å². The fourth-order valence-electron chi connectivity index (χ4n) is 0.924. The molecule has 1 radical (unpaired) electrons. The summed E-state index contributed by atoms with van der Waals surface area (Å²) in [6.45, 7) is 8.60. The minimum atomic E-state index is 0.0527. The zero-order chi connectivity index (χ0) is 8.69. The molecule has 0 aromatic carbocycles. The van der Waals surface area contributed by atoms with Crippen molar-refractivity contribution >= 4 is 5.91 Å². The van der Waals surface area contributed by atoms with Gasteiger partial charge < -0.3 is 5.32 Å². The van der Waals surface area contributed by atoms with Crippen molar-refractivity contribution in [3.8, 4) is 0 Å². The van der Waals surface area contributed by atoms with Crippen LogP contribution in [0.3, 0.4) is 0 Å². The van der Waals surface area contributed by atoms with Gasteiger partial charge in [-0.05, 0) is 12.8 Å². The van der Waals surface area contributed by atoms with Crippen molar-refractivity contribution < 1.29 is 4.79 Å². The summed E-state index contributed by atoms with van der Waals surface area (Å²) in [5, 5.41) is 2.83. The lowest BCUT2D eigenvalue weighted by Crippen LogP contribution is -2.28. The molecule has 0 unspecified atom stereocenters. The molecule has 0 saturated carbocycles. The second kappa shape index (κ2) is 6.20. The highest BCUT2D eigenvalue weighted by Gasteiger charge is 2.03. The minimum Gasteiger partial charge on any atom is -0.356 e. The molecule has 0 spiro atoms. The minimum absolute atomic E-state index is 0.0527. The van der Waals surface area contributed by atoms with Crippen molar-refractivity contribution in [2.45, 2.75) is 33.1 Å². The van der Waals surface area contributed by atoms with Crippen molar-refractivity contribution in [2.24, 2.45) is 5.92 Å². The molecule has 0 aromatic heterocycles. The second-order valence-corrected chi connectivity index (χ2v) is 2.74. The van der Waals surface area contributed by atoms with Crippen LogP contribution in [-0.4, -0.2) is 12.5 Å². The highest BCUT2D eigenvalue weighted by molar-refractivity contribution is 5.76. The van der Waals surface area contributed by atoms with Crippen LogP contribution >= 0.6 is 0 Å². The lowest BCUT2D eigenvalue weighted by atomic mass is 10.0. The Morgan fingerprint density at radius 3 is 2.36 bits per heavy atom. The first-order valence-electron chi connectivity index (χ1n) is 4.30. The Labute approximate surface area is 69.4 Å². The first-order valence-corrected chi connectivity index (χ1v) is 4.30. The van der Waals surface area contributed by atoms with Gasteiger partial charge in [0, 0.05) is 13.0 Å². The Morgan fingerprint density at radius 2 is 2.00 bits per heavy atom. The predicted molar refractivity (Wildman–Crippen MR) is 47.1 cm³/mol. The first-order chi connectivity index (χ1) is 5.24. The Hall–Kier alpha value is -0.530. The van der Waals surface area contributed by atoms with Gasteiger partial charge in [0.2, 0.25) is 5.91 Å². The molecule has 0 aliphatic carbocycles. The average molecular weight is 156 g/mol. The highest BCUT2D eigenvalue weighted by atomic mass is 16.1.